The molecule has 1 aromatic heterocycles. The Balaban J connectivity index is 2.34. The molecule has 0 saturated heterocycles. The zero-order valence-corrected chi connectivity index (χ0v) is 13.1. The van der Waals surface area contributed by atoms with Crippen molar-refractivity contribution in [2.24, 2.45) is 0 Å². The Morgan fingerprint density at radius 3 is 2.48 bits per heavy atom. The van der Waals surface area contributed by atoms with Crippen LogP contribution in [0.2, 0.25) is 10.0 Å². The number of halogens is 2. The van der Waals surface area contributed by atoms with Crippen molar-refractivity contribution < 1.29 is 4.79 Å². The Kier molecular flexibility index (Phi) is 3.52. The summed E-state index contributed by atoms with van der Waals surface area (Å²) in [6.07, 6.45) is 0.880. The third-order valence-electron chi connectivity index (χ3n) is 3.87. The Hall–Kier alpha value is -1.77. The van der Waals surface area contributed by atoms with E-state index in [2.05, 4.69) is 11.9 Å². The molecule has 2 aromatic carbocycles. The summed E-state index contributed by atoms with van der Waals surface area (Å²) in [4.78, 5) is 14.9. The minimum atomic E-state index is 0.470. The number of carbonyl (C=O) groups is 1. The van der Waals surface area contributed by atoms with E-state index < -0.39 is 0 Å². The van der Waals surface area contributed by atoms with Gasteiger partial charge in [0.25, 0.3) is 0 Å². The second-order valence-electron chi connectivity index (χ2n) is 5.09. The molecule has 4 heteroatoms. The van der Waals surface area contributed by atoms with E-state index in [9.17, 15) is 4.79 Å². The van der Waals surface area contributed by atoms with E-state index in [1.807, 2.05) is 25.1 Å². The van der Waals surface area contributed by atoms with Gasteiger partial charge in [-0.25, -0.2) is 0 Å². The molecule has 0 aliphatic carbocycles. The molecule has 21 heavy (non-hydrogen) atoms. The lowest BCUT2D eigenvalue weighted by Gasteiger charge is -2.02. The van der Waals surface area contributed by atoms with E-state index in [1.165, 1.54) is 5.56 Å². The summed E-state index contributed by atoms with van der Waals surface area (Å²) in [5.41, 5.74) is 5.57. The lowest BCUT2D eigenvalue weighted by molar-refractivity contribution is 0.112. The van der Waals surface area contributed by atoms with Crippen LogP contribution in [0.1, 0.15) is 21.5 Å². The number of benzene rings is 2. The summed E-state index contributed by atoms with van der Waals surface area (Å²) in [6, 6.07) is 9.35. The number of aromatic amines is 1. The molecule has 0 fully saturated rings. The number of fused-ring (bicyclic) bond motifs is 1. The van der Waals surface area contributed by atoms with Crippen molar-refractivity contribution in [3.05, 3.63) is 57.1 Å². The van der Waals surface area contributed by atoms with Crippen LogP contribution < -0.4 is 0 Å². The first-order valence-electron chi connectivity index (χ1n) is 6.55. The maximum atomic E-state index is 11.5. The third-order valence-corrected chi connectivity index (χ3v) is 4.61. The number of aldehydes is 1. The van der Waals surface area contributed by atoms with Crippen LogP contribution in [0.15, 0.2) is 30.3 Å². The van der Waals surface area contributed by atoms with E-state index in [-0.39, 0.29) is 0 Å². The number of nitrogens with one attached hydrogen (secondary N) is 1. The van der Waals surface area contributed by atoms with Gasteiger partial charge in [0.1, 0.15) is 0 Å². The lowest BCUT2D eigenvalue weighted by atomic mass is 10.0. The SMILES string of the molecule is Cc1ccc2c(C=O)c(-c3ccc(Cl)c(Cl)c3)[nH]c2c1C. The van der Waals surface area contributed by atoms with E-state index in [4.69, 9.17) is 23.2 Å². The average molecular weight is 318 g/mol. The summed E-state index contributed by atoms with van der Waals surface area (Å²) in [5.74, 6) is 0. The van der Waals surface area contributed by atoms with Crippen LogP contribution in [0.25, 0.3) is 22.2 Å². The van der Waals surface area contributed by atoms with Crippen LogP contribution in [0, 0.1) is 13.8 Å². The number of hydrogen-bond donors (Lipinski definition) is 1. The summed E-state index contributed by atoms with van der Waals surface area (Å²) in [5, 5.41) is 1.89. The minimum absolute atomic E-state index is 0.470. The van der Waals surface area contributed by atoms with Gasteiger partial charge in [0.05, 0.1) is 15.7 Å². The number of aryl methyl sites for hydroxylation is 2. The molecule has 0 bridgehead atoms. The molecule has 0 atom stereocenters. The molecular formula is C17H13Cl2NO. The number of aromatic nitrogens is 1. The first-order valence-corrected chi connectivity index (χ1v) is 7.31. The van der Waals surface area contributed by atoms with Crippen molar-refractivity contribution >= 4 is 40.4 Å². The van der Waals surface area contributed by atoms with Gasteiger partial charge in [0.2, 0.25) is 0 Å². The van der Waals surface area contributed by atoms with Crippen molar-refractivity contribution in [2.45, 2.75) is 13.8 Å². The number of H-pyrrole nitrogens is 1. The van der Waals surface area contributed by atoms with E-state index in [0.717, 1.165) is 34.0 Å². The molecule has 1 heterocycles. The second-order valence-corrected chi connectivity index (χ2v) is 5.90. The fourth-order valence-corrected chi connectivity index (χ4v) is 2.83. The van der Waals surface area contributed by atoms with Gasteiger partial charge in [0.15, 0.2) is 6.29 Å². The molecule has 0 amide bonds. The average Bonchev–Trinajstić information content (AvgIpc) is 2.85. The Morgan fingerprint density at radius 2 is 1.81 bits per heavy atom. The van der Waals surface area contributed by atoms with Crippen LogP contribution in [0.5, 0.6) is 0 Å². The van der Waals surface area contributed by atoms with E-state index in [1.54, 1.807) is 12.1 Å². The fraction of sp³-hybridized carbons (Fsp3) is 0.118. The largest absolute Gasteiger partial charge is 0.354 e. The van der Waals surface area contributed by atoms with Crippen LogP contribution in [0.3, 0.4) is 0 Å². The zero-order chi connectivity index (χ0) is 15.1. The predicted octanol–water partition coefficient (Wildman–Crippen LogP) is 5.57. The van der Waals surface area contributed by atoms with Crippen molar-refractivity contribution in [1.82, 2.24) is 4.98 Å². The first-order chi connectivity index (χ1) is 10.0. The third kappa shape index (κ3) is 2.25. The molecule has 106 valence electrons. The molecule has 0 unspecified atom stereocenters. The molecule has 0 saturated carbocycles. The second kappa shape index (κ2) is 5.21. The molecule has 0 aliphatic heterocycles. The molecular weight excluding hydrogens is 305 g/mol. The Morgan fingerprint density at radius 1 is 1.05 bits per heavy atom. The van der Waals surface area contributed by atoms with Crippen molar-refractivity contribution in [3.8, 4) is 11.3 Å². The highest BCUT2D eigenvalue weighted by Crippen LogP contribution is 2.34. The fourth-order valence-electron chi connectivity index (χ4n) is 2.53. The predicted molar refractivity (Wildman–Crippen MR) is 88.6 cm³/mol. The number of carbonyl (C=O) groups excluding carboxylic acids is 1. The molecule has 1 N–H and O–H groups in total. The molecule has 3 rings (SSSR count). The van der Waals surface area contributed by atoms with Gasteiger partial charge in [-0.3, -0.25) is 4.79 Å². The smallest absolute Gasteiger partial charge is 0.152 e. The van der Waals surface area contributed by atoms with Crippen LogP contribution in [-0.2, 0) is 0 Å². The molecule has 0 radical (unpaired) electrons. The molecule has 2 nitrogen and oxygen atoms in total. The molecule has 0 aliphatic rings. The monoisotopic (exact) mass is 317 g/mol. The molecule has 3 aromatic rings. The van der Waals surface area contributed by atoms with Crippen molar-refractivity contribution in [1.29, 1.82) is 0 Å². The highest BCUT2D eigenvalue weighted by Gasteiger charge is 2.15. The Bertz CT molecular complexity index is 865. The van der Waals surface area contributed by atoms with Crippen LogP contribution in [0.4, 0.5) is 0 Å². The topological polar surface area (TPSA) is 32.9 Å². The normalized spacial score (nSPS) is 11.0. The van der Waals surface area contributed by atoms with Crippen LogP contribution >= 0.6 is 23.2 Å². The maximum Gasteiger partial charge on any atom is 0.152 e. The van der Waals surface area contributed by atoms with Crippen molar-refractivity contribution in [2.75, 3.05) is 0 Å². The van der Waals surface area contributed by atoms with Gasteiger partial charge in [-0.2, -0.15) is 0 Å². The summed E-state index contributed by atoms with van der Waals surface area (Å²) in [7, 11) is 0. The van der Waals surface area contributed by atoms with Gasteiger partial charge in [-0.15, -0.1) is 0 Å². The summed E-state index contributed by atoms with van der Waals surface area (Å²) >= 11 is 12.0. The zero-order valence-electron chi connectivity index (χ0n) is 11.6. The number of hydrogen-bond acceptors (Lipinski definition) is 1. The lowest BCUT2D eigenvalue weighted by Crippen LogP contribution is -1.84. The van der Waals surface area contributed by atoms with Gasteiger partial charge in [-0.05, 0) is 37.1 Å². The van der Waals surface area contributed by atoms with E-state index >= 15 is 0 Å². The van der Waals surface area contributed by atoms with E-state index in [0.29, 0.717) is 15.6 Å². The summed E-state index contributed by atoms with van der Waals surface area (Å²) < 4.78 is 0. The minimum Gasteiger partial charge on any atom is -0.354 e. The standard InChI is InChI=1S/C17H13Cl2NO/c1-9-3-5-12-13(8-21)17(20-16(12)10(9)2)11-4-6-14(18)15(19)7-11/h3-8,20H,1-2H3. The van der Waals surface area contributed by atoms with Gasteiger partial charge in [-0.1, -0.05) is 41.4 Å². The van der Waals surface area contributed by atoms with Crippen molar-refractivity contribution in [3.63, 3.8) is 0 Å². The highest BCUT2D eigenvalue weighted by molar-refractivity contribution is 6.42. The maximum absolute atomic E-state index is 11.5. The van der Waals surface area contributed by atoms with Gasteiger partial charge >= 0.3 is 0 Å². The summed E-state index contributed by atoms with van der Waals surface area (Å²) in [6.45, 7) is 4.09. The first kappa shape index (κ1) is 14.2. The number of rotatable bonds is 2. The quantitative estimate of drug-likeness (QED) is 0.616. The van der Waals surface area contributed by atoms with Gasteiger partial charge in [0, 0.05) is 22.0 Å². The highest BCUT2D eigenvalue weighted by atomic mass is 35.5. The van der Waals surface area contributed by atoms with Crippen LogP contribution in [-0.4, -0.2) is 11.3 Å². The van der Waals surface area contributed by atoms with Gasteiger partial charge < -0.3 is 4.98 Å². The Labute approximate surface area is 132 Å². The molecule has 0 spiro atoms.